The number of benzene rings is 1. The van der Waals surface area contributed by atoms with Gasteiger partial charge in [-0.15, -0.1) is 0 Å². The van der Waals surface area contributed by atoms with Crippen LogP contribution in [0.1, 0.15) is 19.3 Å². The number of amides is 1. The zero-order chi connectivity index (χ0) is 20.3. The number of carbonyl (C=O) groups excluding carboxylic acids is 1. The highest BCUT2D eigenvalue weighted by molar-refractivity contribution is 7.89. The average Bonchev–Trinajstić information content (AvgIpc) is 3.42. The second kappa shape index (κ2) is 8.56. The monoisotopic (exact) mass is 434 g/mol. The maximum atomic E-state index is 13.2. The summed E-state index contributed by atoms with van der Waals surface area (Å²) in [7, 11) is -3.73. The van der Waals surface area contributed by atoms with Crippen LogP contribution in [0.4, 0.5) is 0 Å². The fourth-order valence-corrected chi connectivity index (χ4v) is 5.82. The third kappa shape index (κ3) is 4.31. The minimum Gasteiger partial charge on any atom is -0.356 e. The van der Waals surface area contributed by atoms with E-state index in [0.717, 1.165) is 24.7 Å². The number of hydrogen-bond donors (Lipinski definition) is 1. The number of piperidine rings is 1. The number of aryl methyl sites for hydroxylation is 1. The van der Waals surface area contributed by atoms with Crippen LogP contribution in [0.15, 0.2) is 41.8 Å². The van der Waals surface area contributed by atoms with E-state index >= 15 is 0 Å². The minimum absolute atomic E-state index is 0.0935. The summed E-state index contributed by atoms with van der Waals surface area (Å²) in [6.07, 6.45) is 7.46. The topological polar surface area (TPSA) is 110 Å². The molecule has 0 unspecified atom stereocenters. The van der Waals surface area contributed by atoms with Crippen LogP contribution in [0.2, 0.25) is 0 Å². The van der Waals surface area contributed by atoms with E-state index in [1.165, 1.54) is 4.31 Å². The van der Waals surface area contributed by atoms with E-state index in [2.05, 4.69) is 19.0 Å². The molecule has 9 nitrogen and oxygen atoms in total. The maximum absolute atomic E-state index is 13.2. The number of aromatic nitrogens is 4. The predicted molar refractivity (Wildman–Crippen MR) is 109 cm³/mol. The molecule has 1 N–H and O–H groups in total. The Morgan fingerprint density at radius 2 is 2.21 bits per heavy atom. The molecule has 0 aliphatic carbocycles. The van der Waals surface area contributed by atoms with E-state index in [1.807, 2.05) is 10.8 Å². The zero-order valence-electron chi connectivity index (χ0n) is 15.8. The smallest absolute Gasteiger partial charge is 0.245 e. The normalized spacial score (nSPS) is 18.1. The SMILES string of the molecule is O=C(NCCCn1ccnc1)[C@H]1CCCN(S(=O)(=O)c2cccc3nsnc23)C1. The van der Waals surface area contributed by atoms with Gasteiger partial charge in [-0.05, 0) is 31.4 Å². The minimum atomic E-state index is -3.73. The molecule has 29 heavy (non-hydrogen) atoms. The van der Waals surface area contributed by atoms with Crippen LogP contribution < -0.4 is 5.32 Å². The number of nitrogens with one attached hydrogen (secondary N) is 1. The van der Waals surface area contributed by atoms with Gasteiger partial charge < -0.3 is 9.88 Å². The van der Waals surface area contributed by atoms with Gasteiger partial charge in [0.2, 0.25) is 15.9 Å². The van der Waals surface area contributed by atoms with E-state index in [9.17, 15) is 13.2 Å². The van der Waals surface area contributed by atoms with Crippen LogP contribution in [0.3, 0.4) is 0 Å². The Kier molecular flexibility index (Phi) is 5.88. The van der Waals surface area contributed by atoms with Gasteiger partial charge >= 0.3 is 0 Å². The van der Waals surface area contributed by atoms with Gasteiger partial charge in [0.1, 0.15) is 15.9 Å². The Hall–Kier alpha value is -2.37. The fourth-order valence-electron chi connectivity index (χ4n) is 3.54. The molecule has 11 heteroatoms. The van der Waals surface area contributed by atoms with Gasteiger partial charge in [-0.3, -0.25) is 4.79 Å². The van der Waals surface area contributed by atoms with Crippen LogP contribution in [0.5, 0.6) is 0 Å². The Bertz CT molecular complexity index is 1080. The van der Waals surface area contributed by atoms with Crippen molar-refractivity contribution in [2.45, 2.75) is 30.7 Å². The molecule has 0 bridgehead atoms. The Morgan fingerprint density at radius 3 is 3.03 bits per heavy atom. The quantitative estimate of drug-likeness (QED) is 0.564. The summed E-state index contributed by atoms with van der Waals surface area (Å²) in [5.74, 6) is -0.441. The molecule has 154 valence electrons. The number of imidazole rings is 1. The van der Waals surface area contributed by atoms with Crippen LogP contribution in [-0.2, 0) is 21.4 Å². The molecule has 3 heterocycles. The first-order valence-corrected chi connectivity index (χ1v) is 11.7. The molecule has 0 spiro atoms. The molecule has 2 aromatic heterocycles. The summed E-state index contributed by atoms with van der Waals surface area (Å²) in [4.78, 5) is 16.7. The molecular weight excluding hydrogens is 412 g/mol. The first-order valence-electron chi connectivity index (χ1n) is 9.50. The van der Waals surface area contributed by atoms with Gasteiger partial charge in [-0.2, -0.15) is 13.1 Å². The maximum Gasteiger partial charge on any atom is 0.245 e. The first-order chi connectivity index (χ1) is 14.1. The van der Waals surface area contributed by atoms with E-state index < -0.39 is 10.0 Å². The molecule has 4 rings (SSSR count). The number of hydrogen-bond acceptors (Lipinski definition) is 7. The molecule has 0 radical (unpaired) electrons. The average molecular weight is 435 g/mol. The van der Waals surface area contributed by atoms with E-state index in [1.54, 1.807) is 30.7 Å². The van der Waals surface area contributed by atoms with Crippen molar-refractivity contribution in [1.29, 1.82) is 0 Å². The summed E-state index contributed by atoms with van der Waals surface area (Å²) < 4.78 is 38.0. The number of sulfonamides is 1. The van der Waals surface area contributed by atoms with Crippen molar-refractivity contribution >= 4 is 38.7 Å². The Morgan fingerprint density at radius 1 is 1.31 bits per heavy atom. The molecule has 0 saturated carbocycles. The zero-order valence-corrected chi connectivity index (χ0v) is 17.4. The number of carbonyl (C=O) groups is 1. The van der Waals surface area contributed by atoms with Crippen LogP contribution in [0.25, 0.3) is 11.0 Å². The molecule has 3 aromatic rings. The first kappa shape index (κ1) is 19.9. The van der Waals surface area contributed by atoms with Crippen molar-refractivity contribution in [2.75, 3.05) is 19.6 Å². The highest BCUT2D eigenvalue weighted by Gasteiger charge is 2.34. The lowest BCUT2D eigenvalue weighted by Gasteiger charge is -2.31. The van der Waals surface area contributed by atoms with Crippen LogP contribution >= 0.6 is 11.7 Å². The lowest BCUT2D eigenvalue weighted by molar-refractivity contribution is -0.126. The molecule has 1 amide bonds. The summed E-state index contributed by atoms with van der Waals surface area (Å²) >= 11 is 0.993. The number of rotatable bonds is 7. The summed E-state index contributed by atoms with van der Waals surface area (Å²) in [5, 5.41) is 2.94. The largest absolute Gasteiger partial charge is 0.356 e. The van der Waals surface area contributed by atoms with Crippen molar-refractivity contribution in [3.63, 3.8) is 0 Å². The van der Waals surface area contributed by atoms with Gasteiger partial charge in [0.15, 0.2) is 0 Å². The van der Waals surface area contributed by atoms with Gasteiger partial charge in [-0.1, -0.05) is 6.07 Å². The predicted octanol–water partition coefficient (Wildman–Crippen LogP) is 1.49. The van der Waals surface area contributed by atoms with Gasteiger partial charge in [0, 0.05) is 38.6 Å². The van der Waals surface area contributed by atoms with Crippen molar-refractivity contribution < 1.29 is 13.2 Å². The summed E-state index contributed by atoms with van der Waals surface area (Å²) in [6, 6.07) is 4.97. The molecule has 1 aliphatic heterocycles. The van der Waals surface area contributed by atoms with Crippen molar-refractivity contribution in [2.24, 2.45) is 5.92 Å². The number of nitrogens with zero attached hydrogens (tertiary/aromatic N) is 5. The second-order valence-electron chi connectivity index (χ2n) is 7.04. The van der Waals surface area contributed by atoms with E-state index in [-0.39, 0.29) is 23.3 Å². The summed E-state index contributed by atoms with van der Waals surface area (Å²) in [5.41, 5.74) is 0.962. The van der Waals surface area contributed by atoms with Crippen LogP contribution in [0, 0.1) is 5.92 Å². The fraction of sp³-hybridized carbons (Fsp3) is 0.444. The molecule has 1 aromatic carbocycles. The Labute approximate surface area is 173 Å². The van der Waals surface area contributed by atoms with Gasteiger partial charge in [0.05, 0.1) is 24.0 Å². The number of fused-ring (bicyclic) bond motifs is 1. The lowest BCUT2D eigenvalue weighted by atomic mass is 9.99. The third-order valence-electron chi connectivity index (χ3n) is 5.07. The Balaban J connectivity index is 1.38. The molecule has 1 aliphatic rings. The molecule has 1 fully saturated rings. The van der Waals surface area contributed by atoms with Crippen molar-refractivity contribution in [3.8, 4) is 0 Å². The van der Waals surface area contributed by atoms with Crippen molar-refractivity contribution in [3.05, 3.63) is 36.9 Å². The van der Waals surface area contributed by atoms with Crippen molar-refractivity contribution in [1.82, 2.24) is 27.9 Å². The lowest BCUT2D eigenvalue weighted by Crippen LogP contribution is -2.45. The molecule has 1 saturated heterocycles. The second-order valence-corrected chi connectivity index (χ2v) is 9.47. The van der Waals surface area contributed by atoms with E-state index in [0.29, 0.717) is 37.0 Å². The standard InChI is InChI=1S/C18H22N6O3S2/c25-18(20-7-3-9-23-11-8-19-13-23)14-4-2-10-24(12-14)29(26,27)16-6-1-5-15-17(16)22-28-21-15/h1,5-6,8,11,13-14H,2-4,7,9-10,12H2,(H,20,25)/t14-/m0/s1. The highest BCUT2D eigenvalue weighted by atomic mass is 32.2. The van der Waals surface area contributed by atoms with Crippen LogP contribution in [-0.4, -0.2) is 56.6 Å². The molecule has 1 atom stereocenters. The molecular formula is C18H22N6O3S2. The van der Waals surface area contributed by atoms with Gasteiger partial charge in [0.25, 0.3) is 0 Å². The summed E-state index contributed by atoms with van der Waals surface area (Å²) in [6.45, 7) is 1.91. The van der Waals surface area contributed by atoms with Gasteiger partial charge in [-0.25, -0.2) is 13.4 Å². The highest BCUT2D eigenvalue weighted by Crippen LogP contribution is 2.28. The third-order valence-corrected chi connectivity index (χ3v) is 7.51. The van der Waals surface area contributed by atoms with E-state index in [4.69, 9.17) is 0 Å².